The summed E-state index contributed by atoms with van der Waals surface area (Å²) in [6.45, 7) is 9.33. The first-order valence-corrected chi connectivity index (χ1v) is 10.2. The standard InChI is InChI=1S/C21H30N6O2/c1-21(2,3)17-13-19(27(24-17)18-7-5-6-9-22-18)23-20(28)26-10-8-16-15(14-26)25(4)11-12-29-16/h5-7,9,13,15-16H,8,10-12,14H2,1-4H3,(H,23,28)/t15-,16-/m1/s1. The van der Waals surface area contributed by atoms with Gasteiger partial charge in [-0.2, -0.15) is 9.78 Å². The lowest BCUT2D eigenvalue weighted by molar-refractivity contribution is -0.0875. The maximum Gasteiger partial charge on any atom is 0.323 e. The molecule has 4 rings (SSSR count). The quantitative estimate of drug-likeness (QED) is 0.841. The Bertz CT molecular complexity index is 860. The zero-order chi connectivity index (χ0) is 20.6. The van der Waals surface area contributed by atoms with Gasteiger partial charge in [-0.1, -0.05) is 26.8 Å². The molecule has 0 unspecified atom stereocenters. The summed E-state index contributed by atoms with van der Waals surface area (Å²) in [6, 6.07) is 7.73. The van der Waals surface area contributed by atoms with Gasteiger partial charge in [0.15, 0.2) is 5.82 Å². The molecule has 2 aliphatic rings. The third kappa shape index (κ3) is 4.13. The Kier molecular flexibility index (Phi) is 5.31. The van der Waals surface area contributed by atoms with E-state index in [-0.39, 0.29) is 23.6 Å². The second kappa shape index (κ2) is 7.76. The van der Waals surface area contributed by atoms with Crippen molar-refractivity contribution in [2.45, 2.75) is 44.8 Å². The molecule has 4 heterocycles. The zero-order valence-corrected chi connectivity index (χ0v) is 17.6. The van der Waals surface area contributed by atoms with Gasteiger partial charge in [0.25, 0.3) is 0 Å². The summed E-state index contributed by atoms with van der Waals surface area (Å²) in [5.41, 5.74) is 0.762. The maximum absolute atomic E-state index is 13.1. The van der Waals surface area contributed by atoms with Crippen LogP contribution in [-0.4, -0.2) is 76.0 Å². The third-order valence-corrected chi connectivity index (χ3v) is 5.73. The van der Waals surface area contributed by atoms with E-state index in [2.05, 4.69) is 43.0 Å². The highest BCUT2D eigenvalue weighted by Gasteiger charge is 2.37. The van der Waals surface area contributed by atoms with Crippen LogP contribution >= 0.6 is 0 Å². The van der Waals surface area contributed by atoms with Crippen LogP contribution in [0.25, 0.3) is 5.82 Å². The van der Waals surface area contributed by atoms with Crippen LogP contribution in [0.15, 0.2) is 30.5 Å². The molecule has 8 heteroatoms. The lowest BCUT2D eigenvalue weighted by atomic mass is 9.92. The Hall–Kier alpha value is -2.45. The van der Waals surface area contributed by atoms with Crippen molar-refractivity contribution in [3.05, 3.63) is 36.2 Å². The monoisotopic (exact) mass is 398 g/mol. The van der Waals surface area contributed by atoms with Crippen LogP contribution in [0.5, 0.6) is 0 Å². The Labute approximate surface area is 171 Å². The molecule has 1 N–H and O–H groups in total. The molecule has 29 heavy (non-hydrogen) atoms. The van der Waals surface area contributed by atoms with E-state index in [9.17, 15) is 4.79 Å². The predicted molar refractivity (Wildman–Crippen MR) is 111 cm³/mol. The van der Waals surface area contributed by atoms with Gasteiger partial charge in [-0.15, -0.1) is 0 Å². The van der Waals surface area contributed by atoms with E-state index in [0.717, 1.165) is 25.3 Å². The van der Waals surface area contributed by atoms with Crippen LogP contribution in [0.2, 0.25) is 0 Å². The number of rotatable bonds is 2. The smallest absolute Gasteiger partial charge is 0.323 e. The molecule has 0 saturated carbocycles. The van der Waals surface area contributed by atoms with Gasteiger partial charge in [-0.3, -0.25) is 10.2 Å². The van der Waals surface area contributed by atoms with E-state index >= 15 is 0 Å². The van der Waals surface area contributed by atoms with E-state index in [1.165, 1.54) is 0 Å². The third-order valence-electron chi connectivity index (χ3n) is 5.73. The number of piperidine rings is 1. The van der Waals surface area contributed by atoms with Crippen LogP contribution in [-0.2, 0) is 10.2 Å². The van der Waals surface area contributed by atoms with Crippen LogP contribution in [0.3, 0.4) is 0 Å². The van der Waals surface area contributed by atoms with E-state index in [4.69, 9.17) is 9.84 Å². The molecule has 2 aliphatic heterocycles. The molecule has 2 aromatic rings. The molecule has 156 valence electrons. The predicted octanol–water partition coefficient (Wildman–Crippen LogP) is 2.50. The van der Waals surface area contributed by atoms with Gasteiger partial charge in [-0.25, -0.2) is 9.78 Å². The number of amides is 2. The van der Waals surface area contributed by atoms with Crippen molar-refractivity contribution in [2.75, 3.05) is 38.6 Å². The number of ether oxygens (including phenoxy) is 1. The SMILES string of the molecule is CN1CCO[C@@H]2CCN(C(=O)Nc3cc(C(C)(C)C)nn3-c3ccccn3)C[C@H]21. The lowest BCUT2D eigenvalue weighted by Crippen LogP contribution is -2.60. The van der Waals surface area contributed by atoms with Crippen molar-refractivity contribution < 1.29 is 9.53 Å². The van der Waals surface area contributed by atoms with Crippen molar-refractivity contribution in [3.63, 3.8) is 0 Å². The summed E-state index contributed by atoms with van der Waals surface area (Å²) in [6.07, 6.45) is 2.79. The molecule has 0 spiro atoms. The summed E-state index contributed by atoms with van der Waals surface area (Å²) in [7, 11) is 2.10. The van der Waals surface area contributed by atoms with Gasteiger partial charge < -0.3 is 9.64 Å². The molecule has 0 radical (unpaired) electrons. The van der Waals surface area contributed by atoms with E-state index in [0.29, 0.717) is 24.7 Å². The number of nitrogens with one attached hydrogen (secondary N) is 1. The van der Waals surface area contributed by atoms with Gasteiger partial charge in [0.2, 0.25) is 0 Å². The van der Waals surface area contributed by atoms with Crippen LogP contribution in [0, 0.1) is 0 Å². The fourth-order valence-electron chi connectivity index (χ4n) is 3.91. The number of carbonyl (C=O) groups excluding carboxylic acids is 1. The fraction of sp³-hybridized carbons (Fsp3) is 0.571. The second-order valence-electron chi connectivity index (χ2n) is 8.89. The highest BCUT2D eigenvalue weighted by atomic mass is 16.5. The lowest BCUT2D eigenvalue weighted by Gasteiger charge is -2.45. The van der Waals surface area contributed by atoms with Crippen molar-refractivity contribution in [2.24, 2.45) is 0 Å². The highest BCUT2D eigenvalue weighted by molar-refractivity contribution is 5.89. The van der Waals surface area contributed by atoms with Gasteiger partial charge >= 0.3 is 6.03 Å². The zero-order valence-electron chi connectivity index (χ0n) is 17.6. The first kappa shape index (κ1) is 19.8. The number of nitrogens with zero attached hydrogens (tertiary/aromatic N) is 5. The number of hydrogen-bond donors (Lipinski definition) is 1. The van der Waals surface area contributed by atoms with E-state index < -0.39 is 0 Å². The van der Waals surface area contributed by atoms with Crippen LogP contribution in [0.4, 0.5) is 10.6 Å². The average molecular weight is 399 g/mol. The minimum absolute atomic E-state index is 0.111. The van der Waals surface area contributed by atoms with Crippen molar-refractivity contribution in [1.29, 1.82) is 0 Å². The topological polar surface area (TPSA) is 75.5 Å². The molecule has 2 amide bonds. The van der Waals surface area contributed by atoms with E-state index in [1.807, 2.05) is 29.2 Å². The number of hydrogen-bond acceptors (Lipinski definition) is 5. The summed E-state index contributed by atoms with van der Waals surface area (Å²) >= 11 is 0. The number of fused-ring (bicyclic) bond motifs is 1. The Balaban J connectivity index is 1.55. The molecular weight excluding hydrogens is 368 g/mol. The summed E-state index contributed by atoms with van der Waals surface area (Å²) in [5, 5.41) is 7.79. The molecule has 2 fully saturated rings. The van der Waals surface area contributed by atoms with Gasteiger partial charge in [0.1, 0.15) is 5.82 Å². The number of pyridine rings is 1. The molecule has 2 atom stereocenters. The van der Waals surface area contributed by atoms with E-state index in [1.54, 1.807) is 10.9 Å². The molecule has 8 nitrogen and oxygen atoms in total. The van der Waals surface area contributed by atoms with Crippen molar-refractivity contribution in [3.8, 4) is 5.82 Å². The molecule has 2 aromatic heterocycles. The number of likely N-dealkylation sites (N-methyl/N-ethyl adjacent to an activating group) is 1. The minimum Gasteiger partial charge on any atom is -0.375 e. The Morgan fingerprint density at radius 1 is 1.28 bits per heavy atom. The van der Waals surface area contributed by atoms with Gasteiger partial charge in [0, 0.05) is 37.3 Å². The Morgan fingerprint density at radius 2 is 2.10 bits per heavy atom. The Morgan fingerprint density at radius 3 is 2.83 bits per heavy atom. The number of likely N-dealkylation sites (tertiary alicyclic amines) is 1. The molecule has 0 aliphatic carbocycles. The molecular formula is C21H30N6O2. The highest BCUT2D eigenvalue weighted by Crippen LogP contribution is 2.27. The number of carbonyl (C=O) groups is 1. The van der Waals surface area contributed by atoms with Gasteiger partial charge in [-0.05, 0) is 25.6 Å². The maximum atomic E-state index is 13.1. The number of anilines is 1. The molecule has 0 bridgehead atoms. The summed E-state index contributed by atoms with van der Waals surface area (Å²) < 4.78 is 7.60. The van der Waals surface area contributed by atoms with Crippen LogP contribution in [0.1, 0.15) is 32.9 Å². The molecule has 0 aromatic carbocycles. The van der Waals surface area contributed by atoms with Gasteiger partial charge in [0.05, 0.1) is 24.4 Å². The first-order chi connectivity index (χ1) is 13.8. The van der Waals surface area contributed by atoms with Crippen molar-refractivity contribution >= 4 is 11.8 Å². The largest absolute Gasteiger partial charge is 0.375 e. The van der Waals surface area contributed by atoms with Crippen LogP contribution < -0.4 is 5.32 Å². The average Bonchev–Trinajstić information content (AvgIpc) is 3.13. The summed E-state index contributed by atoms with van der Waals surface area (Å²) in [5.74, 6) is 1.31. The normalized spacial score (nSPS) is 23.0. The number of urea groups is 1. The fourth-order valence-corrected chi connectivity index (χ4v) is 3.91. The molecule has 2 saturated heterocycles. The number of aromatic nitrogens is 3. The first-order valence-electron chi connectivity index (χ1n) is 10.2. The number of morpholine rings is 1. The summed E-state index contributed by atoms with van der Waals surface area (Å²) in [4.78, 5) is 21.7. The minimum atomic E-state index is -0.139. The second-order valence-corrected chi connectivity index (χ2v) is 8.89. The van der Waals surface area contributed by atoms with Crippen molar-refractivity contribution in [1.82, 2.24) is 24.6 Å².